The van der Waals surface area contributed by atoms with Gasteiger partial charge in [0.1, 0.15) is 11.9 Å². The van der Waals surface area contributed by atoms with Crippen molar-refractivity contribution in [1.82, 2.24) is 19.6 Å². The van der Waals surface area contributed by atoms with Gasteiger partial charge in [-0.05, 0) is 43.7 Å². The number of anilines is 1. The molecule has 4 rings (SSSR count). The van der Waals surface area contributed by atoms with Crippen molar-refractivity contribution in [3.8, 4) is 0 Å². The number of aromatic nitrogens is 2. The highest BCUT2D eigenvalue weighted by atomic mass is 35.5. The predicted molar refractivity (Wildman–Crippen MR) is 148 cm³/mol. The first-order valence-electron chi connectivity index (χ1n) is 12.2. The summed E-state index contributed by atoms with van der Waals surface area (Å²) in [6, 6.07) is 7.42. The van der Waals surface area contributed by atoms with E-state index < -0.39 is 46.0 Å². The van der Waals surface area contributed by atoms with Crippen LogP contribution in [-0.2, 0) is 36.9 Å². The highest BCUT2D eigenvalue weighted by Gasteiger charge is 2.49. The van der Waals surface area contributed by atoms with Gasteiger partial charge in [0.25, 0.3) is 11.8 Å². The van der Waals surface area contributed by atoms with Crippen molar-refractivity contribution in [2.75, 3.05) is 24.6 Å². The molecule has 3 N–H and O–H groups in total. The van der Waals surface area contributed by atoms with Crippen molar-refractivity contribution in [2.45, 2.75) is 36.8 Å². The maximum absolute atomic E-state index is 14.0. The molecule has 15 heteroatoms. The number of imidazole rings is 1. The third-order valence-corrected chi connectivity index (χ3v) is 9.33. The topological polar surface area (TPSA) is 160 Å². The van der Waals surface area contributed by atoms with Crippen molar-refractivity contribution in [2.24, 2.45) is 7.05 Å². The third kappa shape index (κ3) is 5.63. The molecule has 0 radical (unpaired) electrons. The fourth-order valence-electron chi connectivity index (χ4n) is 4.51. The van der Waals surface area contributed by atoms with Gasteiger partial charge in [-0.1, -0.05) is 17.7 Å². The molecule has 0 aliphatic carbocycles. The molecule has 40 heavy (non-hydrogen) atoms. The van der Waals surface area contributed by atoms with Gasteiger partial charge in [0.2, 0.25) is 15.6 Å². The Morgan fingerprint density at radius 3 is 2.62 bits per heavy atom. The number of aliphatic hydroxyl groups excluding tert-OH is 1. The molecule has 1 aliphatic heterocycles. The van der Waals surface area contributed by atoms with Crippen LogP contribution in [0.3, 0.4) is 0 Å². The summed E-state index contributed by atoms with van der Waals surface area (Å²) in [6.45, 7) is 2.69. The van der Waals surface area contributed by atoms with Crippen molar-refractivity contribution in [3.05, 3.63) is 63.3 Å². The van der Waals surface area contributed by atoms with E-state index in [-0.39, 0.29) is 40.7 Å². The van der Waals surface area contributed by atoms with Crippen LogP contribution in [0, 0.1) is 6.92 Å². The SMILES string of the molecule is CCOC(=O)[C@](CNC(=O)c1ccc(Cl)s1)(NS(=O)(=O)c1cccc(N2CC[C@@H](O)C2=O)c1C)c1nccn1C. The monoisotopic (exact) mass is 609 g/mol. The Labute approximate surface area is 240 Å². The van der Waals surface area contributed by atoms with Gasteiger partial charge in [-0.3, -0.25) is 9.59 Å². The van der Waals surface area contributed by atoms with Gasteiger partial charge in [0.05, 0.1) is 27.3 Å². The van der Waals surface area contributed by atoms with Gasteiger partial charge in [0.15, 0.2) is 0 Å². The molecule has 2 amide bonds. The second-order valence-electron chi connectivity index (χ2n) is 9.07. The number of nitrogens with one attached hydrogen (secondary N) is 2. The minimum Gasteiger partial charge on any atom is -0.464 e. The number of esters is 1. The summed E-state index contributed by atoms with van der Waals surface area (Å²) in [6.07, 6.45) is 1.95. The molecule has 3 aromatic rings. The number of hydrogen-bond donors (Lipinski definition) is 3. The van der Waals surface area contributed by atoms with E-state index in [2.05, 4.69) is 15.0 Å². The lowest BCUT2D eigenvalue weighted by molar-refractivity contribution is -0.151. The van der Waals surface area contributed by atoms with Crippen LogP contribution in [0.1, 0.15) is 34.4 Å². The van der Waals surface area contributed by atoms with E-state index in [0.29, 0.717) is 10.0 Å². The first-order valence-corrected chi connectivity index (χ1v) is 14.9. The maximum Gasteiger partial charge on any atom is 0.337 e. The van der Waals surface area contributed by atoms with Crippen molar-refractivity contribution < 1.29 is 32.6 Å². The Kier molecular flexibility index (Phi) is 8.66. The lowest BCUT2D eigenvalue weighted by Crippen LogP contribution is -2.60. The van der Waals surface area contributed by atoms with Crippen molar-refractivity contribution in [3.63, 3.8) is 0 Å². The van der Waals surface area contributed by atoms with E-state index >= 15 is 0 Å². The van der Waals surface area contributed by atoms with Crippen LogP contribution >= 0.6 is 22.9 Å². The van der Waals surface area contributed by atoms with E-state index in [4.69, 9.17) is 16.3 Å². The normalized spacial score (nSPS) is 17.1. The number of hydrogen-bond acceptors (Lipinski definition) is 9. The molecule has 0 bridgehead atoms. The van der Waals surface area contributed by atoms with Gasteiger partial charge >= 0.3 is 5.97 Å². The van der Waals surface area contributed by atoms with E-state index in [9.17, 15) is 27.9 Å². The zero-order valence-electron chi connectivity index (χ0n) is 21.9. The number of benzene rings is 1. The summed E-state index contributed by atoms with van der Waals surface area (Å²) in [7, 11) is -2.95. The zero-order valence-corrected chi connectivity index (χ0v) is 24.3. The summed E-state index contributed by atoms with van der Waals surface area (Å²) in [5.74, 6) is -2.12. The molecular weight excluding hydrogens is 582 g/mol. The van der Waals surface area contributed by atoms with Crippen LogP contribution in [-0.4, -0.2) is 66.7 Å². The number of nitrogens with zero attached hydrogens (tertiary/aromatic N) is 3. The van der Waals surface area contributed by atoms with E-state index in [1.54, 1.807) is 26.1 Å². The highest BCUT2D eigenvalue weighted by molar-refractivity contribution is 7.89. The van der Waals surface area contributed by atoms with E-state index in [1.807, 2.05) is 0 Å². The molecule has 1 saturated heterocycles. The van der Waals surface area contributed by atoms with Gasteiger partial charge in [-0.15, -0.1) is 11.3 Å². The number of ether oxygens (including phenoxy) is 1. The quantitative estimate of drug-likeness (QED) is 0.293. The minimum absolute atomic E-state index is 0.0225. The Hall–Kier alpha value is -3.30. The molecule has 1 aliphatic rings. The predicted octanol–water partition coefficient (Wildman–Crippen LogP) is 1.71. The number of aliphatic hydroxyl groups is 1. The Morgan fingerprint density at radius 1 is 1.30 bits per heavy atom. The summed E-state index contributed by atoms with van der Waals surface area (Å²) >= 11 is 6.98. The molecule has 1 fully saturated rings. The first-order chi connectivity index (χ1) is 18.9. The van der Waals surface area contributed by atoms with E-state index in [0.717, 1.165) is 11.3 Å². The second kappa shape index (κ2) is 11.7. The first kappa shape index (κ1) is 29.7. The van der Waals surface area contributed by atoms with Crippen LogP contribution < -0.4 is 14.9 Å². The zero-order chi connectivity index (χ0) is 29.2. The molecule has 12 nitrogen and oxygen atoms in total. The lowest BCUT2D eigenvalue weighted by atomic mass is 9.99. The fraction of sp³-hybridized carbons (Fsp3) is 0.360. The number of amides is 2. The number of carbonyl (C=O) groups is 3. The maximum atomic E-state index is 14.0. The smallest absolute Gasteiger partial charge is 0.337 e. The second-order valence-corrected chi connectivity index (χ2v) is 12.4. The summed E-state index contributed by atoms with van der Waals surface area (Å²) in [4.78, 5) is 44.5. The standard InChI is InChI=1S/C25H28ClN5O7S2/c1-4-38-24(35)25(23-27-11-13-30(23)3,14-28-21(33)18-8-9-20(26)39-18)29-40(36,37)19-7-5-6-16(15(19)2)31-12-10-17(32)22(31)34/h5-9,11,13,17,29,32H,4,10,12,14H2,1-3H3,(H,28,33)/t17-,25-/m1/s1. The molecule has 0 spiro atoms. The summed E-state index contributed by atoms with van der Waals surface area (Å²) in [5.41, 5.74) is -1.63. The minimum atomic E-state index is -4.52. The fourth-order valence-corrected chi connectivity index (χ4v) is 7.05. The Morgan fingerprint density at radius 2 is 2.05 bits per heavy atom. The molecule has 2 atom stereocenters. The molecule has 214 valence electrons. The highest BCUT2D eigenvalue weighted by Crippen LogP contribution is 2.32. The number of sulfonamides is 1. The largest absolute Gasteiger partial charge is 0.464 e. The number of rotatable bonds is 10. The molecule has 3 heterocycles. The number of halogens is 1. The van der Waals surface area contributed by atoms with E-state index in [1.165, 1.54) is 47.0 Å². The molecule has 2 aromatic heterocycles. The van der Waals surface area contributed by atoms with Gasteiger partial charge in [-0.25, -0.2) is 18.2 Å². The average molecular weight is 610 g/mol. The van der Waals surface area contributed by atoms with Crippen LogP contribution in [0.2, 0.25) is 4.34 Å². The van der Waals surface area contributed by atoms with Crippen LogP contribution in [0.5, 0.6) is 0 Å². The Bertz CT molecular complexity index is 1550. The summed E-state index contributed by atoms with van der Waals surface area (Å²) < 4.78 is 37.5. The summed E-state index contributed by atoms with van der Waals surface area (Å²) in [5, 5.41) is 12.5. The lowest BCUT2D eigenvalue weighted by Gasteiger charge is -2.32. The van der Waals surface area contributed by atoms with Crippen LogP contribution in [0.4, 0.5) is 5.69 Å². The van der Waals surface area contributed by atoms with Gasteiger partial charge in [0, 0.05) is 38.1 Å². The number of thiophene rings is 1. The average Bonchev–Trinajstić information content (AvgIpc) is 3.63. The molecular formula is C25H28ClN5O7S2. The van der Waals surface area contributed by atoms with Crippen LogP contribution in [0.15, 0.2) is 47.6 Å². The van der Waals surface area contributed by atoms with Crippen molar-refractivity contribution in [1.29, 1.82) is 0 Å². The molecule has 1 aromatic carbocycles. The third-order valence-electron chi connectivity index (χ3n) is 6.46. The number of aryl methyl sites for hydroxylation is 1. The molecule has 0 unspecified atom stereocenters. The van der Waals surface area contributed by atoms with Gasteiger partial charge < -0.3 is 24.6 Å². The van der Waals surface area contributed by atoms with Crippen molar-refractivity contribution >= 4 is 56.4 Å². The Balaban J connectivity index is 1.78. The van der Waals surface area contributed by atoms with Gasteiger partial charge in [-0.2, -0.15) is 4.72 Å². The number of carbonyl (C=O) groups excluding carboxylic acids is 3. The van der Waals surface area contributed by atoms with Crippen LogP contribution in [0.25, 0.3) is 0 Å². The molecule has 0 saturated carbocycles.